The number of hydrogen-bond donors (Lipinski definition) is 0. The molecule has 0 unspecified atom stereocenters. The average molecular weight is 411 g/mol. The Morgan fingerprint density at radius 3 is 2.47 bits per heavy atom. The zero-order valence-electron chi connectivity index (χ0n) is 17.4. The first-order chi connectivity index (χ1) is 14.4. The molecule has 1 aliphatic rings. The van der Waals surface area contributed by atoms with E-state index < -0.39 is 0 Å². The Labute approximate surface area is 179 Å². The third kappa shape index (κ3) is 2.27. The van der Waals surface area contributed by atoms with Crippen molar-refractivity contribution in [2.24, 2.45) is 7.05 Å². The zero-order chi connectivity index (χ0) is 20.7. The lowest BCUT2D eigenvalue weighted by atomic mass is 9.90. The predicted molar refractivity (Wildman–Crippen MR) is 124 cm³/mol. The quantitative estimate of drug-likeness (QED) is 0.190. The Balaban J connectivity index is 1.85. The summed E-state index contributed by atoms with van der Waals surface area (Å²) in [6, 6.07) is 16.2. The second kappa shape index (κ2) is 6.05. The van der Waals surface area contributed by atoms with Crippen LogP contribution in [0.2, 0.25) is 0 Å². The molecule has 1 nitrogen and oxygen atoms in total. The molecule has 0 radical (unpaired) electrons. The Kier molecular flexibility index (Phi) is 3.61. The van der Waals surface area contributed by atoms with Crippen LogP contribution >= 0.6 is 11.8 Å². The van der Waals surface area contributed by atoms with Crippen LogP contribution in [0.4, 0.5) is 4.39 Å². The van der Waals surface area contributed by atoms with Crippen LogP contribution in [-0.2, 0) is 7.05 Å². The van der Waals surface area contributed by atoms with E-state index in [-0.39, 0.29) is 5.82 Å². The number of aromatic nitrogens is 1. The summed E-state index contributed by atoms with van der Waals surface area (Å²) in [5.74, 6) is -0.190. The van der Waals surface area contributed by atoms with Crippen molar-refractivity contribution >= 4 is 44.1 Å². The van der Waals surface area contributed by atoms with Crippen molar-refractivity contribution in [1.29, 1.82) is 0 Å². The van der Waals surface area contributed by atoms with Gasteiger partial charge in [-0.3, -0.25) is 0 Å². The highest BCUT2D eigenvalue weighted by Crippen LogP contribution is 2.52. The van der Waals surface area contributed by atoms with Gasteiger partial charge in [0.05, 0.1) is 10.9 Å². The van der Waals surface area contributed by atoms with E-state index in [0.717, 1.165) is 16.2 Å². The molecule has 5 aromatic rings. The monoisotopic (exact) mass is 410 g/mol. The van der Waals surface area contributed by atoms with Crippen molar-refractivity contribution in [1.82, 2.24) is 0 Å². The molecule has 1 aliphatic heterocycles. The van der Waals surface area contributed by atoms with E-state index in [0.29, 0.717) is 0 Å². The Morgan fingerprint density at radius 1 is 0.800 bits per heavy atom. The van der Waals surface area contributed by atoms with Gasteiger partial charge >= 0.3 is 0 Å². The fourth-order valence-electron chi connectivity index (χ4n) is 5.04. The molecule has 1 aromatic heterocycles. The van der Waals surface area contributed by atoms with Gasteiger partial charge < -0.3 is 0 Å². The molecular weight excluding hydrogens is 389 g/mol. The number of fused-ring (bicyclic) bond motifs is 5. The fourth-order valence-corrected chi connectivity index (χ4v) is 6.37. The SMILES string of the molecule is Cc1ccc2c(C)c3c(c(C)c2c1)-c1c2c(cc4ccc(F)cc4c2cc[n+]1C)S3. The number of rotatable bonds is 0. The number of halogens is 1. The maximum atomic E-state index is 14.1. The van der Waals surface area contributed by atoms with Gasteiger partial charge in [0.15, 0.2) is 6.20 Å². The second-order valence-corrected chi connectivity index (χ2v) is 9.46. The Hall–Kier alpha value is -2.91. The summed E-state index contributed by atoms with van der Waals surface area (Å²) in [6.07, 6.45) is 2.11. The van der Waals surface area contributed by atoms with Crippen LogP contribution in [0.1, 0.15) is 16.7 Å². The average Bonchev–Trinajstić information content (AvgIpc) is 2.73. The molecule has 146 valence electrons. The summed E-state index contributed by atoms with van der Waals surface area (Å²) in [4.78, 5) is 2.58. The lowest BCUT2D eigenvalue weighted by Crippen LogP contribution is -2.32. The van der Waals surface area contributed by atoms with Crippen molar-refractivity contribution < 1.29 is 8.96 Å². The molecule has 6 rings (SSSR count). The van der Waals surface area contributed by atoms with Crippen molar-refractivity contribution in [3.63, 3.8) is 0 Å². The Morgan fingerprint density at radius 2 is 1.63 bits per heavy atom. The van der Waals surface area contributed by atoms with Crippen molar-refractivity contribution in [2.45, 2.75) is 30.6 Å². The van der Waals surface area contributed by atoms with Gasteiger partial charge in [-0.15, -0.1) is 0 Å². The summed E-state index contributed by atoms with van der Waals surface area (Å²) in [5.41, 5.74) is 6.46. The van der Waals surface area contributed by atoms with Gasteiger partial charge in [0.25, 0.3) is 0 Å². The van der Waals surface area contributed by atoms with Crippen LogP contribution in [0.25, 0.3) is 43.6 Å². The molecule has 0 N–H and O–H groups in total. The summed E-state index contributed by atoms with van der Waals surface area (Å²) < 4.78 is 16.3. The molecule has 4 aromatic carbocycles. The molecule has 2 heterocycles. The predicted octanol–water partition coefficient (Wildman–Crippen LogP) is 7.17. The highest BCUT2D eigenvalue weighted by molar-refractivity contribution is 8.00. The standard InChI is InChI=1S/C27H21FNS/c1-14-5-8-19-16(3)27-24(15(2)21(19)11-14)26-25-20(9-10-29(26)4)22-13-18(28)7-6-17(22)12-23(25)30-27/h5-13H,1-4H3/q+1. The fraction of sp³-hybridized carbons (Fsp3) is 0.148. The Bertz CT molecular complexity index is 1570. The van der Waals surface area contributed by atoms with Crippen molar-refractivity contribution in [3.8, 4) is 11.3 Å². The summed E-state index contributed by atoms with van der Waals surface area (Å²) in [5, 5.41) is 7.05. The minimum atomic E-state index is -0.190. The normalized spacial score (nSPS) is 12.7. The van der Waals surface area contributed by atoms with Crippen LogP contribution in [0.5, 0.6) is 0 Å². The van der Waals surface area contributed by atoms with Crippen LogP contribution < -0.4 is 4.57 Å². The number of nitrogens with zero attached hydrogens (tertiary/aromatic N) is 1. The largest absolute Gasteiger partial charge is 0.222 e. The molecule has 0 saturated carbocycles. The molecule has 30 heavy (non-hydrogen) atoms. The maximum absolute atomic E-state index is 14.1. The minimum Gasteiger partial charge on any atom is -0.207 e. The molecule has 3 heteroatoms. The summed E-state index contributed by atoms with van der Waals surface area (Å²) in [7, 11) is 2.11. The van der Waals surface area contributed by atoms with E-state index in [1.807, 2.05) is 17.8 Å². The van der Waals surface area contributed by atoms with Crippen molar-refractivity contribution in [2.75, 3.05) is 0 Å². The van der Waals surface area contributed by atoms with E-state index in [2.05, 4.69) is 68.9 Å². The van der Waals surface area contributed by atoms with E-state index >= 15 is 0 Å². The van der Waals surface area contributed by atoms with Crippen LogP contribution in [0.15, 0.2) is 64.5 Å². The van der Waals surface area contributed by atoms with Gasteiger partial charge in [-0.25, -0.2) is 8.96 Å². The zero-order valence-corrected chi connectivity index (χ0v) is 18.2. The van der Waals surface area contributed by atoms with Gasteiger partial charge in [0.1, 0.15) is 12.9 Å². The first-order valence-corrected chi connectivity index (χ1v) is 11.0. The van der Waals surface area contributed by atoms with Crippen LogP contribution in [-0.4, -0.2) is 0 Å². The van der Waals surface area contributed by atoms with Crippen LogP contribution in [0.3, 0.4) is 0 Å². The van der Waals surface area contributed by atoms with Gasteiger partial charge in [-0.05, 0) is 71.6 Å². The van der Waals surface area contributed by atoms with Gasteiger partial charge in [0, 0.05) is 21.2 Å². The highest BCUT2D eigenvalue weighted by Gasteiger charge is 2.31. The lowest BCUT2D eigenvalue weighted by molar-refractivity contribution is -0.659. The van der Waals surface area contributed by atoms with Gasteiger partial charge in [0.2, 0.25) is 5.69 Å². The second-order valence-electron chi connectivity index (χ2n) is 8.41. The maximum Gasteiger partial charge on any atom is 0.222 e. The third-order valence-corrected chi connectivity index (χ3v) is 7.79. The van der Waals surface area contributed by atoms with E-state index in [9.17, 15) is 4.39 Å². The van der Waals surface area contributed by atoms with Crippen LogP contribution in [0, 0.1) is 26.6 Å². The molecule has 0 amide bonds. The number of hydrogen-bond acceptors (Lipinski definition) is 1. The summed E-state index contributed by atoms with van der Waals surface area (Å²) >= 11 is 1.86. The number of benzene rings is 4. The molecule has 0 aliphatic carbocycles. The number of pyridine rings is 1. The molecule has 0 fully saturated rings. The van der Waals surface area contributed by atoms with Gasteiger partial charge in [-0.1, -0.05) is 41.6 Å². The molecule has 0 atom stereocenters. The minimum absolute atomic E-state index is 0.190. The third-order valence-electron chi connectivity index (χ3n) is 6.54. The highest BCUT2D eigenvalue weighted by atomic mass is 32.2. The number of aryl methyl sites for hydroxylation is 4. The van der Waals surface area contributed by atoms with Gasteiger partial charge in [-0.2, -0.15) is 0 Å². The summed E-state index contributed by atoms with van der Waals surface area (Å²) in [6.45, 7) is 6.63. The molecule has 0 bridgehead atoms. The first kappa shape index (κ1) is 17.9. The molecule has 0 spiro atoms. The smallest absolute Gasteiger partial charge is 0.207 e. The topological polar surface area (TPSA) is 3.88 Å². The van der Waals surface area contributed by atoms with Crippen molar-refractivity contribution in [3.05, 3.63) is 77.2 Å². The van der Waals surface area contributed by atoms with E-state index in [1.165, 1.54) is 53.9 Å². The van der Waals surface area contributed by atoms with E-state index in [4.69, 9.17) is 0 Å². The lowest BCUT2D eigenvalue weighted by Gasteiger charge is -2.24. The first-order valence-electron chi connectivity index (χ1n) is 10.2. The van der Waals surface area contributed by atoms with E-state index in [1.54, 1.807) is 12.1 Å². The molecular formula is C27H21FNS+. The molecule has 0 saturated heterocycles.